The molecule has 1 aromatic carbocycles. The Labute approximate surface area is 126 Å². The molecule has 120 valence electrons. The van der Waals surface area contributed by atoms with Crippen LogP contribution in [0.1, 0.15) is 20.3 Å². The normalized spacial score (nSPS) is 13.0. The van der Waals surface area contributed by atoms with Gasteiger partial charge in [0.05, 0.1) is 23.0 Å². The highest BCUT2D eigenvalue weighted by Gasteiger charge is 2.28. The van der Waals surface area contributed by atoms with Gasteiger partial charge >= 0.3 is 5.97 Å². The van der Waals surface area contributed by atoms with Gasteiger partial charge < -0.3 is 10.1 Å². The lowest BCUT2D eigenvalue weighted by molar-refractivity contribution is -0.393. The van der Waals surface area contributed by atoms with Crippen molar-refractivity contribution in [1.82, 2.24) is 0 Å². The number of hydrogen-bond donors (Lipinski definition) is 1. The van der Waals surface area contributed by atoms with E-state index in [0.29, 0.717) is 6.42 Å². The molecule has 2 atom stereocenters. The van der Waals surface area contributed by atoms with E-state index < -0.39 is 33.2 Å². The topological polar surface area (TPSA) is 125 Å². The maximum Gasteiger partial charge on any atom is 0.328 e. The highest BCUT2D eigenvalue weighted by Crippen LogP contribution is 2.30. The molecule has 0 bridgehead atoms. The van der Waals surface area contributed by atoms with Crippen molar-refractivity contribution >= 4 is 23.0 Å². The van der Waals surface area contributed by atoms with Gasteiger partial charge in [-0.05, 0) is 12.0 Å². The van der Waals surface area contributed by atoms with Gasteiger partial charge in [0.1, 0.15) is 11.7 Å². The summed E-state index contributed by atoms with van der Waals surface area (Å²) in [7, 11) is 1.23. The average Bonchev–Trinajstić information content (AvgIpc) is 2.50. The number of carbonyl (C=O) groups is 1. The first-order valence-corrected chi connectivity index (χ1v) is 6.59. The zero-order valence-corrected chi connectivity index (χ0v) is 12.4. The molecule has 0 aliphatic heterocycles. The molecule has 0 saturated heterocycles. The summed E-state index contributed by atoms with van der Waals surface area (Å²) in [6.07, 6.45) is 0.646. The van der Waals surface area contributed by atoms with Crippen molar-refractivity contribution in [2.24, 2.45) is 5.92 Å². The number of nitro benzene ring substituents is 2. The van der Waals surface area contributed by atoms with Crippen LogP contribution in [0.2, 0.25) is 0 Å². The van der Waals surface area contributed by atoms with E-state index in [2.05, 4.69) is 5.32 Å². The van der Waals surface area contributed by atoms with Crippen molar-refractivity contribution in [3.8, 4) is 0 Å². The molecule has 0 heterocycles. The van der Waals surface area contributed by atoms with Crippen LogP contribution >= 0.6 is 0 Å². The first-order chi connectivity index (χ1) is 10.3. The second-order valence-corrected chi connectivity index (χ2v) is 4.75. The molecule has 0 spiro atoms. The summed E-state index contributed by atoms with van der Waals surface area (Å²) < 4.78 is 4.69. The molecule has 1 aromatic rings. The molecule has 0 radical (unpaired) electrons. The predicted octanol–water partition coefficient (Wildman–Crippen LogP) is 2.50. The van der Waals surface area contributed by atoms with Gasteiger partial charge in [-0.25, -0.2) is 4.79 Å². The van der Waals surface area contributed by atoms with Crippen molar-refractivity contribution in [3.63, 3.8) is 0 Å². The fraction of sp³-hybridized carbons (Fsp3) is 0.462. The summed E-state index contributed by atoms with van der Waals surface area (Å²) in [5, 5.41) is 24.5. The Kier molecular flexibility index (Phi) is 5.79. The van der Waals surface area contributed by atoms with Crippen molar-refractivity contribution in [2.75, 3.05) is 12.4 Å². The number of nitrogens with zero attached hydrogens (tertiary/aromatic N) is 2. The number of non-ortho nitro benzene ring substituents is 1. The van der Waals surface area contributed by atoms with Crippen molar-refractivity contribution in [3.05, 3.63) is 38.4 Å². The van der Waals surface area contributed by atoms with Crippen LogP contribution in [0.4, 0.5) is 17.1 Å². The van der Waals surface area contributed by atoms with Gasteiger partial charge in [-0.3, -0.25) is 20.2 Å². The summed E-state index contributed by atoms with van der Waals surface area (Å²) in [5.74, 6) is -0.691. The van der Waals surface area contributed by atoms with E-state index in [4.69, 9.17) is 4.74 Å². The number of hydrogen-bond acceptors (Lipinski definition) is 7. The number of benzene rings is 1. The molecule has 0 amide bonds. The molecule has 1 N–H and O–H groups in total. The van der Waals surface area contributed by atoms with Gasteiger partial charge in [-0.1, -0.05) is 20.3 Å². The van der Waals surface area contributed by atoms with Gasteiger partial charge in [0, 0.05) is 6.07 Å². The van der Waals surface area contributed by atoms with Crippen LogP contribution in [0, 0.1) is 26.1 Å². The molecular weight excluding hydrogens is 294 g/mol. The highest BCUT2D eigenvalue weighted by atomic mass is 16.6. The lowest BCUT2D eigenvalue weighted by Crippen LogP contribution is -2.36. The number of ether oxygens (including phenoxy) is 1. The molecular formula is C13H17N3O6. The number of anilines is 1. The quantitative estimate of drug-likeness (QED) is 0.466. The van der Waals surface area contributed by atoms with Crippen molar-refractivity contribution in [2.45, 2.75) is 26.3 Å². The number of methoxy groups -OCH3 is 1. The van der Waals surface area contributed by atoms with E-state index >= 15 is 0 Å². The maximum absolute atomic E-state index is 11.8. The minimum absolute atomic E-state index is 0.0336. The third-order valence-electron chi connectivity index (χ3n) is 3.37. The zero-order valence-electron chi connectivity index (χ0n) is 12.4. The number of rotatable bonds is 7. The Morgan fingerprint density at radius 1 is 1.32 bits per heavy atom. The van der Waals surface area contributed by atoms with E-state index in [1.165, 1.54) is 13.2 Å². The van der Waals surface area contributed by atoms with E-state index in [9.17, 15) is 25.0 Å². The van der Waals surface area contributed by atoms with Crippen LogP contribution in [0.25, 0.3) is 0 Å². The largest absolute Gasteiger partial charge is 0.467 e. The summed E-state index contributed by atoms with van der Waals surface area (Å²) in [5.41, 5.74) is -0.826. The highest BCUT2D eigenvalue weighted by molar-refractivity contribution is 5.81. The minimum atomic E-state index is -0.782. The van der Waals surface area contributed by atoms with Crippen LogP contribution in [-0.4, -0.2) is 29.0 Å². The van der Waals surface area contributed by atoms with Gasteiger partial charge in [-0.2, -0.15) is 0 Å². The SMILES string of the molecule is CCC(C)[C@H](Nc1ccc([N+](=O)[O-])cc1[N+](=O)[O-])C(=O)OC. The van der Waals surface area contributed by atoms with Crippen LogP contribution in [0.3, 0.4) is 0 Å². The first kappa shape index (κ1) is 17.3. The maximum atomic E-state index is 11.8. The molecule has 0 aromatic heterocycles. The van der Waals surface area contributed by atoms with E-state index in [1.54, 1.807) is 6.92 Å². The summed E-state index contributed by atoms with van der Waals surface area (Å²) in [4.78, 5) is 32.1. The molecule has 9 heteroatoms. The summed E-state index contributed by atoms with van der Waals surface area (Å²) in [6, 6.07) is 2.43. The second-order valence-electron chi connectivity index (χ2n) is 4.75. The molecule has 0 fully saturated rings. The lowest BCUT2D eigenvalue weighted by atomic mass is 9.98. The Morgan fingerprint density at radius 2 is 1.95 bits per heavy atom. The van der Waals surface area contributed by atoms with Gasteiger partial charge in [0.25, 0.3) is 11.4 Å². The fourth-order valence-corrected chi connectivity index (χ4v) is 1.87. The smallest absolute Gasteiger partial charge is 0.328 e. The standard InChI is InChI=1S/C13H17N3O6/c1-4-8(2)12(13(17)22-3)14-10-6-5-9(15(18)19)7-11(10)16(20)21/h5-8,12,14H,4H2,1-3H3/t8?,12-/m0/s1. The summed E-state index contributed by atoms with van der Waals surface area (Å²) in [6.45, 7) is 3.67. The Balaban J connectivity index is 3.21. The number of nitrogens with one attached hydrogen (secondary N) is 1. The monoisotopic (exact) mass is 311 g/mol. The zero-order chi connectivity index (χ0) is 16.9. The third kappa shape index (κ3) is 3.90. The van der Waals surface area contributed by atoms with Crippen LogP contribution in [0.5, 0.6) is 0 Å². The number of nitro groups is 2. The minimum Gasteiger partial charge on any atom is -0.467 e. The van der Waals surface area contributed by atoms with Crippen LogP contribution in [0.15, 0.2) is 18.2 Å². The first-order valence-electron chi connectivity index (χ1n) is 6.59. The average molecular weight is 311 g/mol. The molecule has 22 heavy (non-hydrogen) atoms. The predicted molar refractivity (Wildman–Crippen MR) is 78.6 cm³/mol. The van der Waals surface area contributed by atoms with Crippen molar-refractivity contribution < 1.29 is 19.4 Å². The van der Waals surface area contributed by atoms with Crippen LogP contribution < -0.4 is 5.32 Å². The van der Waals surface area contributed by atoms with Crippen LogP contribution in [-0.2, 0) is 9.53 Å². The van der Waals surface area contributed by atoms with Gasteiger partial charge in [0.2, 0.25) is 0 Å². The molecule has 1 unspecified atom stereocenters. The fourth-order valence-electron chi connectivity index (χ4n) is 1.87. The lowest BCUT2D eigenvalue weighted by Gasteiger charge is -2.22. The summed E-state index contributed by atoms with van der Waals surface area (Å²) >= 11 is 0. The molecule has 0 aliphatic rings. The van der Waals surface area contributed by atoms with E-state index in [-0.39, 0.29) is 11.6 Å². The number of carbonyl (C=O) groups excluding carboxylic acids is 1. The molecule has 9 nitrogen and oxygen atoms in total. The Bertz CT molecular complexity index is 589. The third-order valence-corrected chi connectivity index (χ3v) is 3.37. The molecule has 0 aliphatic carbocycles. The molecule has 0 saturated carbocycles. The number of esters is 1. The molecule has 1 rings (SSSR count). The van der Waals surface area contributed by atoms with E-state index in [1.807, 2.05) is 6.92 Å². The van der Waals surface area contributed by atoms with Crippen molar-refractivity contribution in [1.29, 1.82) is 0 Å². The van der Waals surface area contributed by atoms with Gasteiger partial charge in [-0.15, -0.1) is 0 Å². The Morgan fingerprint density at radius 3 is 2.41 bits per heavy atom. The van der Waals surface area contributed by atoms with Gasteiger partial charge in [0.15, 0.2) is 0 Å². The second kappa shape index (κ2) is 7.34. The Hall–Kier alpha value is -2.71. The van der Waals surface area contributed by atoms with E-state index in [0.717, 1.165) is 12.1 Å².